The maximum Gasteiger partial charge on any atom is 0.220 e. The molecule has 0 bridgehead atoms. The van der Waals surface area contributed by atoms with Gasteiger partial charge < -0.3 is 15.2 Å². The highest BCUT2D eigenvalue weighted by Crippen LogP contribution is 2.28. The third kappa shape index (κ3) is 4.52. The Bertz CT molecular complexity index is 690. The van der Waals surface area contributed by atoms with E-state index in [2.05, 4.69) is 5.32 Å². The molecular weight excluding hydrogens is 322 g/mol. The molecule has 1 atom stereocenters. The van der Waals surface area contributed by atoms with Crippen molar-refractivity contribution in [1.82, 2.24) is 5.32 Å². The third-order valence-corrected chi connectivity index (χ3v) is 4.95. The van der Waals surface area contributed by atoms with Gasteiger partial charge in [-0.2, -0.15) is 0 Å². The van der Waals surface area contributed by atoms with E-state index >= 15 is 0 Å². The number of carbonyl (C=O) groups is 1. The van der Waals surface area contributed by atoms with Gasteiger partial charge in [0.2, 0.25) is 5.91 Å². The van der Waals surface area contributed by atoms with Crippen molar-refractivity contribution in [3.05, 3.63) is 59.7 Å². The van der Waals surface area contributed by atoms with Crippen LogP contribution in [0.25, 0.3) is 0 Å². The largest absolute Gasteiger partial charge is 0.493 e. The van der Waals surface area contributed by atoms with E-state index in [-0.39, 0.29) is 12.5 Å². The number of nitrogens with one attached hydrogen (secondary N) is 1. The van der Waals surface area contributed by atoms with Gasteiger partial charge in [0.1, 0.15) is 5.75 Å². The van der Waals surface area contributed by atoms with Crippen LogP contribution >= 0.6 is 11.8 Å². The number of amides is 1. The summed E-state index contributed by atoms with van der Waals surface area (Å²) in [5.41, 5.74) is 1.94. The molecule has 1 amide bonds. The SMILES string of the molecule is O=C(CCSc1ccccc1)NC[C@@H](O)c1ccc2c(c1)CCO2. The lowest BCUT2D eigenvalue weighted by Gasteiger charge is -2.13. The van der Waals surface area contributed by atoms with Crippen LogP contribution in [0.4, 0.5) is 0 Å². The zero-order valence-electron chi connectivity index (χ0n) is 13.4. The molecule has 1 aliphatic rings. The maximum atomic E-state index is 11.9. The first kappa shape index (κ1) is 16.9. The molecule has 3 rings (SSSR count). The number of rotatable bonds is 7. The summed E-state index contributed by atoms with van der Waals surface area (Å²) in [5, 5.41) is 13.0. The molecule has 0 radical (unpaired) electrons. The van der Waals surface area contributed by atoms with Crippen molar-refractivity contribution in [2.24, 2.45) is 0 Å². The van der Waals surface area contributed by atoms with Crippen LogP contribution in [-0.2, 0) is 11.2 Å². The van der Waals surface area contributed by atoms with Gasteiger partial charge in [0.15, 0.2) is 0 Å². The number of aliphatic hydroxyl groups excluding tert-OH is 1. The van der Waals surface area contributed by atoms with Gasteiger partial charge in [0.25, 0.3) is 0 Å². The lowest BCUT2D eigenvalue weighted by Crippen LogP contribution is -2.28. The molecule has 126 valence electrons. The summed E-state index contributed by atoms with van der Waals surface area (Å²) < 4.78 is 5.46. The van der Waals surface area contributed by atoms with Crippen molar-refractivity contribution in [3.8, 4) is 5.75 Å². The summed E-state index contributed by atoms with van der Waals surface area (Å²) in [4.78, 5) is 13.1. The normalized spacial score (nSPS) is 13.9. The second-order valence-electron chi connectivity index (χ2n) is 5.70. The number of fused-ring (bicyclic) bond motifs is 1. The van der Waals surface area contributed by atoms with Gasteiger partial charge in [-0.05, 0) is 35.4 Å². The molecule has 0 aromatic heterocycles. The first-order valence-electron chi connectivity index (χ1n) is 8.10. The molecule has 1 heterocycles. The predicted molar refractivity (Wildman–Crippen MR) is 95.4 cm³/mol. The molecule has 2 aromatic carbocycles. The van der Waals surface area contributed by atoms with Crippen LogP contribution < -0.4 is 10.1 Å². The van der Waals surface area contributed by atoms with E-state index in [0.717, 1.165) is 33.9 Å². The fraction of sp³-hybridized carbons (Fsp3) is 0.316. The number of carbonyl (C=O) groups excluding carboxylic acids is 1. The van der Waals surface area contributed by atoms with Gasteiger partial charge in [0, 0.05) is 30.0 Å². The molecule has 5 heteroatoms. The van der Waals surface area contributed by atoms with Crippen molar-refractivity contribution in [2.75, 3.05) is 18.9 Å². The van der Waals surface area contributed by atoms with E-state index in [1.807, 2.05) is 48.5 Å². The van der Waals surface area contributed by atoms with E-state index in [1.54, 1.807) is 11.8 Å². The Morgan fingerprint density at radius 2 is 2.08 bits per heavy atom. The summed E-state index contributed by atoms with van der Waals surface area (Å²) in [7, 11) is 0. The first-order chi connectivity index (χ1) is 11.7. The first-order valence-corrected chi connectivity index (χ1v) is 9.09. The van der Waals surface area contributed by atoms with E-state index in [0.29, 0.717) is 13.0 Å². The number of ether oxygens (including phenoxy) is 1. The van der Waals surface area contributed by atoms with Crippen molar-refractivity contribution < 1.29 is 14.6 Å². The van der Waals surface area contributed by atoms with Gasteiger partial charge in [-0.15, -0.1) is 11.8 Å². The molecule has 1 aliphatic heterocycles. The zero-order valence-corrected chi connectivity index (χ0v) is 14.2. The van der Waals surface area contributed by atoms with Gasteiger partial charge in [-0.1, -0.05) is 24.3 Å². The number of benzene rings is 2. The van der Waals surface area contributed by atoms with E-state index in [9.17, 15) is 9.90 Å². The highest BCUT2D eigenvalue weighted by molar-refractivity contribution is 7.99. The fourth-order valence-electron chi connectivity index (χ4n) is 2.61. The second kappa shape index (κ2) is 8.22. The van der Waals surface area contributed by atoms with Gasteiger partial charge in [-0.3, -0.25) is 4.79 Å². The molecule has 2 N–H and O–H groups in total. The van der Waals surface area contributed by atoms with Crippen molar-refractivity contribution >= 4 is 17.7 Å². The number of thioether (sulfide) groups is 1. The molecule has 0 saturated carbocycles. The van der Waals surface area contributed by atoms with Gasteiger partial charge >= 0.3 is 0 Å². The quantitative estimate of drug-likeness (QED) is 0.759. The lowest BCUT2D eigenvalue weighted by molar-refractivity contribution is -0.121. The van der Waals surface area contributed by atoms with Gasteiger partial charge in [0.05, 0.1) is 12.7 Å². The Labute approximate surface area is 146 Å². The summed E-state index contributed by atoms with van der Waals surface area (Å²) in [6.07, 6.45) is 0.616. The predicted octanol–water partition coefficient (Wildman–Crippen LogP) is 2.95. The Kier molecular flexibility index (Phi) is 5.77. The highest BCUT2D eigenvalue weighted by atomic mass is 32.2. The minimum atomic E-state index is -0.693. The Balaban J connectivity index is 1.41. The molecule has 24 heavy (non-hydrogen) atoms. The van der Waals surface area contributed by atoms with E-state index in [1.165, 1.54) is 0 Å². The third-order valence-electron chi connectivity index (χ3n) is 3.93. The second-order valence-corrected chi connectivity index (χ2v) is 6.87. The smallest absolute Gasteiger partial charge is 0.220 e. The molecule has 2 aromatic rings. The Morgan fingerprint density at radius 1 is 1.25 bits per heavy atom. The van der Waals surface area contributed by atoms with Crippen LogP contribution in [0.3, 0.4) is 0 Å². The minimum Gasteiger partial charge on any atom is -0.493 e. The summed E-state index contributed by atoms with van der Waals surface area (Å²) in [6.45, 7) is 0.930. The number of hydrogen-bond donors (Lipinski definition) is 2. The molecular formula is C19H21NO3S. The monoisotopic (exact) mass is 343 g/mol. The molecule has 0 aliphatic carbocycles. The molecule has 0 unspecified atom stereocenters. The van der Waals surface area contributed by atoms with Crippen LogP contribution in [-0.4, -0.2) is 29.9 Å². The summed E-state index contributed by atoms with van der Waals surface area (Å²) in [5.74, 6) is 1.58. The summed E-state index contributed by atoms with van der Waals surface area (Å²) >= 11 is 1.66. The van der Waals surface area contributed by atoms with Crippen LogP contribution in [0, 0.1) is 0 Å². The average Bonchev–Trinajstić information content (AvgIpc) is 3.08. The van der Waals surface area contributed by atoms with Crippen molar-refractivity contribution in [1.29, 1.82) is 0 Å². The molecule has 0 fully saturated rings. The van der Waals surface area contributed by atoms with Crippen LogP contribution in [0.5, 0.6) is 5.75 Å². The Morgan fingerprint density at radius 3 is 2.92 bits per heavy atom. The molecule has 4 nitrogen and oxygen atoms in total. The maximum absolute atomic E-state index is 11.9. The fourth-order valence-corrected chi connectivity index (χ4v) is 3.48. The molecule has 0 spiro atoms. The highest BCUT2D eigenvalue weighted by Gasteiger charge is 2.16. The lowest BCUT2D eigenvalue weighted by atomic mass is 10.0. The van der Waals surface area contributed by atoms with Crippen molar-refractivity contribution in [2.45, 2.75) is 23.8 Å². The topological polar surface area (TPSA) is 58.6 Å². The Hall–Kier alpha value is -1.98. The summed E-state index contributed by atoms with van der Waals surface area (Å²) in [6, 6.07) is 15.7. The van der Waals surface area contributed by atoms with Crippen LogP contribution in [0.1, 0.15) is 23.7 Å². The average molecular weight is 343 g/mol. The zero-order chi connectivity index (χ0) is 16.8. The standard InChI is InChI=1S/C19H21NO3S/c21-17(14-6-7-18-15(12-14)8-10-23-18)13-20-19(22)9-11-24-16-4-2-1-3-5-16/h1-7,12,17,21H,8-11,13H2,(H,20,22)/t17-/m1/s1. The van der Waals surface area contributed by atoms with Crippen LogP contribution in [0.15, 0.2) is 53.4 Å². The van der Waals surface area contributed by atoms with Gasteiger partial charge in [-0.25, -0.2) is 0 Å². The minimum absolute atomic E-state index is 0.0398. The van der Waals surface area contributed by atoms with E-state index in [4.69, 9.17) is 4.74 Å². The molecule has 0 saturated heterocycles. The number of hydrogen-bond acceptors (Lipinski definition) is 4. The van der Waals surface area contributed by atoms with Crippen molar-refractivity contribution in [3.63, 3.8) is 0 Å². The number of aliphatic hydroxyl groups is 1. The van der Waals surface area contributed by atoms with Crippen LogP contribution in [0.2, 0.25) is 0 Å². The van der Waals surface area contributed by atoms with E-state index < -0.39 is 6.10 Å².